The maximum Gasteiger partial charge on any atom is 0.264 e. The molecule has 0 aliphatic carbocycles. The first-order valence-corrected chi connectivity index (χ1v) is 13.0. The summed E-state index contributed by atoms with van der Waals surface area (Å²) in [6.45, 7) is -1.04. The minimum absolute atomic E-state index is 0. The van der Waals surface area contributed by atoms with E-state index in [-0.39, 0.29) is 45.5 Å². The van der Waals surface area contributed by atoms with Crippen LogP contribution in [0.5, 0.6) is 11.5 Å². The van der Waals surface area contributed by atoms with Gasteiger partial charge in [-0.3, -0.25) is 18.7 Å². The van der Waals surface area contributed by atoms with Crippen LogP contribution in [-0.2, 0) is 14.3 Å². The van der Waals surface area contributed by atoms with Gasteiger partial charge in [-0.2, -0.15) is 8.42 Å². The van der Waals surface area contributed by atoms with Gasteiger partial charge in [-0.1, -0.05) is 48.8 Å². The summed E-state index contributed by atoms with van der Waals surface area (Å²) in [5.74, 6) is -2.91. The van der Waals surface area contributed by atoms with Gasteiger partial charge in [0, 0.05) is 17.2 Å². The van der Waals surface area contributed by atoms with Gasteiger partial charge in [0.05, 0.1) is 34.0 Å². The van der Waals surface area contributed by atoms with Crippen molar-refractivity contribution in [1.29, 1.82) is 0 Å². The second-order valence-electron chi connectivity index (χ2n) is 7.90. The molecule has 1 atom stereocenters. The maximum absolute atomic E-state index is 14.4. The Morgan fingerprint density at radius 3 is 2.08 bits per heavy atom. The van der Waals surface area contributed by atoms with Crippen molar-refractivity contribution in [2.75, 3.05) is 19.4 Å². The van der Waals surface area contributed by atoms with Crippen LogP contribution in [0.4, 0.5) is 4.39 Å². The van der Waals surface area contributed by atoms with Gasteiger partial charge < -0.3 is 9.84 Å². The van der Waals surface area contributed by atoms with Crippen LogP contribution in [0, 0.1) is 5.82 Å². The predicted molar refractivity (Wildman–Crippen MR) is 137 cm³/mol. The normalized spacial score (nSPS) is 13.8. The summed E-state index contributed by atoms with van der Waals surface area (Å²) >= 11 is 12.4. The molecule has 37 heavy (non-hydrogen) atoms. The highest BCUT2D eigenvalue weighted by atomic mass is 35.5. The fraction of sp³-hybridized carbons (Fsp3) is 0.200. The largest absolute Gasteiger partial charge is 0.504 e. The van der Waals surface area contributed by atoms with Gasteiger partial charge in [0.2, 0.25) is 0 Å². The Morgan fingerprint density at radius 1 is 0.973 bits per heavy atom. The quantitative estimate of drug-likeness (QED) is 0.294. The number of phenols is 1. The van der Waals surface area contributed by atoms with E-state index in [1.54, 1.807) is 18.2 Å². The number of carbonyl (C=O) groups is 2. The van der Waals surface area contributed by atoms with Crippen LogP contribution < -0.4 is 4.74 Å². The van der Waals surface area contributed by atoms with Crippen molar-refractivity contribution in [3.8, 4) is 22.6 Å². The van der Waals surface area contributed by atoms with Crippen molar-refractivity contribution in [3.63, 3.8) is 0 Å². The van der Waals surface area contributed by atoms with Crippen LogP contribution in [0.3, 0.4) is 0 Å². The fourth-order valence-corrected chi connectivity index (χ4v) is 4.99. The van der Waals surface area contributed by atoms with Crippen molar-refractivity contribution in [2.45, 2.75) is 13.5 Å². The summed E-state index contributed by atoms with van der Waals surface area (Å²) in [7, 11) is -4.05. The molecule has 3 aromatic rings. The average molecular weight is 570 g/mol. The van der Waals surface area contributed by atoms with Crippen LogP contribution in [0.2, 0.25) is 10.0 Å². The molecule has 1 N–H and O–H groups in total. The molecule has 3 aromatic carbocycles. The van der Waals surface area contributed by atoms with Crippen molar-refractivity contribution in [1.82, 2.24) is 4.90 Å². The molecular formula is C25H22Cl2FNO7S. The van der Waals surface area contributed by atoms with Gasteiger partial charge in [-0.05, 0) is 30.3 Å². The van der Waals surface area contributed by atoms with Crippen LogP contribution in [-0.4, -0.2) is 55.7 Å². The summed E-state index contributed by atoms with van der Waals surface area (Å²) in [4.78, 5) is 26.2. The van der Waals surface area contributed by atoms with Crippen molar-refractivity contribution in [2.24, 2.45) is 0 Å². The lowest BCUT2D eigenvalue weighted by Gasteiger charge is -2.22. The number of imide groups is 1. The molecule has 0 saturated carbocycles. The van der Waals surface area contributed by atoms with Crippen molar-refractivity contribution in [3.05, 3.63) is 81.6 Å². The molecule has 196 valence electrons. The summed E-state index contributed by atoms with van der Waals surface area (Å²) in [5.41, 5.74) is 0.454. The first-order chi connectivity index (χ1) is 17.0. The molecule has 2 amide bonds. The van der Waals surface area contributed by atoms with E-state index in [0.717, 1.165) is 23.3 Å². The molecule has 0 aromatic heterocycles. The number of fused-ring (bicyclic) bond motifs is 1. The second kappa shape index (κ2) is 11.1. The molecule has 0 unspecified atom stereocenters. The number of hydrogen-bond donors (Lipinski definition) is 1. The van der Waals surface area contributed by atoms with E-state index in [0.29, 0.717) is 0 Å². The molecule has 4 rings (SSSR count). The molecule has 1 heterocycles. The molecule has 0 radical (unpaired) electrons. The number of amides is 2. The number of carbonyl (C=O) groups excluding carboxylic acids is 2. The Hall–Kier alpha value is -3.18. The first-order valence-electron chi connectivity index (χ1n) is 10.4. The Bertz CT molecular complexity index is 1420. The molecular weight excluding hydrogens is 548 g/mol. The number of benzene rings is 3. The van der Waals surface area contributed by atoms with Gasteiger partial charge in [-0.15, -0.1) is 0 Å². The highest BCUT2D eigenvalue weighted by Crippen LogP contribution is 2.44. The van der Waals surface area contributed by atoms with Gasteiger partial charge in [0.1, 0.15) is 18.5 Å². The van der Waals surface area contributed by atoms with E-state index in [9.17, 15) is 27.5 Å². The molecule has 1 aliphatic rings. The Labute approximate surface area is 223 Å². The third kappa shape index (κ3) is 6.04. The highest BCUT2D eigenvalue weighted by Gasteiger charge is 2.37. The van der Waals surface area contributed by atoms with E-state index in [2.05, 4.69) is 0 Å². The number of ether oxygens (including phenoxy) is 1. The zero-order valence-electron chi connectivity index (χ0n) is 18.6. The third-order valence-electron chi connectivity index (χ3n) is 5.27. The number of halogens is 3. The smallest absolute Gasteiger partial charge is 0.264 e. The minimum atomic E-state index is -4.05. The Balaban J connectivity index is 0.00000380. The number of aromatic hydroxyl groups is 1. The molecule has 0 bridgehead atoms. The molecule has 12 heteroatoms. The highest BCUT2D eigenvalue weighted by molar-refractivity contribution is 7.86. The first kappa shape index (κ1) is 28.4. The molecule has 1 aliphatic heterocycles. The Kier molecular flexibility index (Phi) is 8.49. The monoisotopic (exact) mass is 569 g/mol. The summed E-state index contributed by atoms with van der Waals surface area (Å²) in [6, 6.07) is 12.6. The second-order valence-corrected chi connectivity index (χ2v) is 10.3. The summed E-state index contributed by atoms with van der Waals surface area (Å²) < 4.78 is 48.6. The fourth-order valence-electron chi connectivity index (χ4n) is 3.78. The number of rotatable bonds is 8. The zero-order chi connectivity index (χ0) is 26.2. The lowest BCUT2D eigenvalue weighted by molar-refractivity contribution is 0.0518. The van der Waals surface area contributed by atoms with Crippen molar-refractivity contribution < 1.29 is 36.4 Å². The minimum Gasteiger partial charge on any atom is -0.504 e. The van der Waals surface area contributed by atoms with Crippen LogP contribution in [0.15, 0.2) is 54.6 Å². The molecule has 0 spiro atoms. The maximum atomic E-state index is 14.4. The lowest BCUT2D eigenvalue weighted by Crippen LogP contribution is -2.41. The van der Waals surface area contributed by atoms with Gasteiger partial charge in [0.25, 0.3) is 21.9 Å². The molecule has 0 fully saturated rings. The third-order valence-corrected chi connectivity index (χ3v) is 6.52. The van der Waals surface area contributed by atoms with Crippen LogP contribution in [0.25, 0.3) is 11.1 Å². The number of hydrogen-bond acceptors (Lipinski definition) is 7. The van der Waals surface area contributed by atoms with E-state index in [1.165, 1.54) is 24.3 Å². The van der Waals surface area contributed by atoms with Crippen molar-refractivity contribution >= 4 is 45.1 Å². The van der Waals surface area contributed by atoms with E-state index >= 15 is 0 Å². The van der Waals surface area contributed by atoms with Crippen LogP contribution >= 0.6 is 23.2 Å². The SMILES string of the molecule is C.CS(=O)(=O)O[C@@H](COc1cc(F)cc(-c2c(Cl)cccc2Cl)c1O)CN1C(=O)c2ccccc2C1=O. The van der Waals surface area contributed by atoms with Gasteiger partial charge in [-0.25, -0.2) is 4.39 Å². The lowest BCUT2D eigenvalue weighted by atomic mass is 10.0. The van der Waals surface area contributed by atoms with Crippen LogP contribution in [0.1, 0.15) is 28.1 Å². The molecule has 0 saturated heterocycles. The van der Waals surface area contributed by atoms with E-state index in [1.807, 2.05) is 0 Å². The number of nitrogens with zero attached hydrogens (tertiary/aromatic N) is 1. The summed E-state index contributed by atoms with van der Waals surface area (Å²) in [6.07, 6.45) is -0.572. The number of phenolic OH excluding ortho intramolecular Hbond substituents is 1. The predicted octanol–water partition coefficient (Wildman–Crippen LogP) is 5.16. The summed E-state index contributed by atoms with van der Waals surface area (Å²) in [5, 5.41) is 11.1. The van der Waals surface area contributed by atoms with Gasteiger partial charge >= 0.3 is 0 Å². The van der Waals surface area contributed by atoms with E-state index < -0.39 is 52.8 Å². The van der Waals surface area contributed by atoms with E-state index in [4.69, 9.17) is 32.1 Å². The van der Waals surface area contributed by atoms with Gasteiger partial charge in [0.15, 0.2) is 11.5 Å². The standard InChI is InChI=1S/C24H18Cl2FNO7S.CH4/c1-36(32,33)35-14(11-28-23(30)15-5-2-3-6-16(15)24(28)31)12-34-20-10-13(27)9-17(22(20)29)21-18(25)7-4-8-19(21)26;/h2-10,14,29H,11-12H2,1H3;1H4/t14-;/m1./s1. The Morgan fingerprint density at radius 2 is 1.54 bits per heavy atom. The average Bonchev–Trinajstić information content (AvgIpc) is 3.04. The molecule has 8 nitrogen and oxygen atoms in total. The topological polar surface area (TPSA) is 110 Å². The zero-order valence-corrected chi connectivity index (χ0v) is 20.9.